The molecular formula is C13H17F3O2Si. The van der Waals surface area contributed by atoms with E-state index in [-0.39, 0.29) is 12.0 Å². The third-order valence-electron chi connectivity index (χ3n) is 2.89. The molecule has 0 aliphatic heterocycles. The van der Waals surface area contributed by atoms with Crippen LogP contribution in [-0.2, 0) is 15.7 Å². The lowest BCUT2D eigenvalue weighted by Gasteiger charge is -2.22. The number of hydrogen-bond donors (Lipinski definition) is 0. The van der Waals surface area contributed by atoms with Crippen LogP contribution in [0.5, 0.6) is 0 Å². The molecular weight excluding hydrogens is 273 g/mol. The van der Waals surface area contributed by atoms with Gasteiger partial charge in [0.2, 0.25) is 0 Å². The van der Waals surface area contributed by atoms with Crippen LogP contribution in [0.4, 0.5) is 13.2 Å². The van der Waals surface area contributed by atoms with Crippen LogP contribution < -0.4 is 5.19 Å². The van der Waals surface area contributed by atoms with Crippen LogP contribution in [-0.4, -0.2) is 20.7 Å². The van der Waals surface area contributed by atoms with Gasteiger partial charge >= 0.3 is 12.1 Å². The van der Waals surface area contributed by atoms with Gasteiger partial charge in [0.15, 0.2) is 0 Å². The van der Waals surface area contributed by atoms with Gasteiger partial charge in [-0.3, -0.25) is 4.79 Å². The van der Waals surface area contributed by atoms with Crippen molar-refractivity contribution in [3.8, 4) is 0 Å². The van der Waals surface area contributed by atoms with Crippen molar-refractivity contribution in [2.45, 2.75) is 32.2 Å². The van der Waals surface area contributed by atoms with E-state index in [4.69, 9.17) is 4.74 Å². The Balaban J connectivity index is 2.87. The summed E-state index contributed by atoms with van der Waals surface area (Å²) in [6, 6.07) is 5.33. The monoisotopic (exact) mass is 290 g/mol. The molecule has 0 aliphatic carbocycles. The summed E-state index contributed by atoms with van der Waals surface area (Å²) < 4.78 is 42.3. The van der Waals surface area contributed by atoms with Crippen molar-refractivity contribution in [3.05, 3.63) is 29.8 Å². The minimum Gasteiger partial charge on any atom is -0.466 e. The Morgan fingerprint density at radius 2 is 1.74 bits per heavy atom. The summed E-state index contributed by atoms with van der Waals surface area (Å²) in [7, 11) is -2.10. The maximum Gasteiger partial charge on any atom is 0.416 e. The highest BCUT2D eigenvalue weighted by Crippen LogP contribution is 2.28. The quantitative estimate of drug-likeness (QED) is 0.629. The molecule has 19 heavy (non-hydrogen) atoms. The van der Waals surface area contributed by atoms with Crippen LogP contribution in [0.15, 0.2) is 24.3 Å². The SMILES string of the molecule is CCOC(=O)C[Si](C)(C)c1ccc(C(F)(F)F)cc1. The number of ether oxygens (including phenoxy) is 1. The predicted molar refractivity (Wildman–Crippen MR) is 70.0 cm³/mol. The fourth-order valence-electron chi connectivity index (χ4n) is 1.79. The molecule has 0 saturated carbocycles. The van der Waals surface area contributed by atoms with E-state index in [2.05, 4.69) is 0 Å². The summed E-state index contributed by atoms with van der Waals surface area (Å²) >= 11 is 0. The van der Waals surface area contributed by atoms with E-state index in [1.165, 1.54) is 12.1 Å². The molecule has 1 rings (SSSR count). The van der Waals surface area contributed by atoms with Crippen LogP contribution in [0.25, 0.3) is 0 Å². The van der Waals surface area contributed by atoms with E-state index in [1.807, 2.05) is 13.1 Å². The lowest BCUT2D eigenvalue weighted by molar-refractivity contribution is -0.140. The van der Waals surface area contributed by atoms with Gasteiger partial charge in [-0.05, 0) is 6.92 Å². The average molecular weight is 290 g/mol. The van der Waals surface area contributed by atoms with Gasteiger partial charge in [0.1, 0.15) is 0 Å². The van der Waals surface area contributed by atoms with Crippen LogP contribution >= 0.6 is 0 Å². The highest BCUT2D eigenvalue weighted by molar-refractivity contribution is 6.91. The first kappa shape index (κ1) is 15.8. The van der Waals surface area contributed by atoms with Gasteiger partial charge in [0.25, 0.3) is 0 Å². The summed E-state index contributed by atoms with van der Waals surface area (Å²) in [5.74, 6) is -0.293. The molecule has 0 fully saturated rings. The molecule has 0 bridgehead atoms. The Hall–Kier alpha value is -1.30. The topological polar surface area (TPSA) is 26.3 Å². The summed E-state index contributed by atoms with van der Waals surface area (Å²) in [6.45, 7) is 5.92. The Kier molecular flexibility index (Phi) is 4.79. The van der Waals surface area contributed by atoms with Crippen molar-refractivity contribution < 1.29 is 22.7 Å². The molecule has 6 heteroatoms. The number of esters is 1. The number of alkyl halides is 3. The van der Waals surface area contributed by atoms with E-state index < -0.39 is 19.8 Å². The van der Waals surface area contributed by atoms with Gasteiger partial charge in [0, 0.05) is 6.04 Å². The van der Waals surface area contributed by atoms with E-state index in [9.17, 15) is 18.0 Å². The third kappa shape index (κ3) is 4.38. The van der Waals surface area contributed by atoms with Crippen molar-refractivity contribution >= 4 is 19.2 Å². The number of carbonyl (C=O) groups excluding carboxylic acids is 1. The van der Waals surface area contributed by atoms with E-state index in [0.717, 1.165) is 17.3 Å². The lowest BCUT2D eigenvalue weighted by Crippen LogP contribution is -2.43. The fraction of sp³-hybridized carbons (Fsp3) is 0.462. The third-order valence-corrected chi connectivity index (χ3v) is 5.95. The first-order chi connectivity index (χ1) is 8.66. The van der Waals surface area contributed by atoms with Gasteiger partial charge in [0.05, 0.1) is 20.2 Å². The van der Waals surface area contributed by atoms with Gasteiger partial charge < -0.3 is 4.74 Å². The summed E-state index contributed by atoms with van der Waals surface area (Å²) in [4.78, 5) is 11.5. The molecule has 0 N–H and O–H groups in total. The molecule has 0 unspecified atom stereocenters. The smallest absolute Gasteiger partial charge is 0.416 e. The molecule has 0 atom stereocenters. The lowest BCUT2D eigenvalue weighted by atomic mass is 10.2. The first-order valence-corrected chi connectivity index (χ1v) is 9.21. The molecule has 106 valence electrons. The molecule has 0 heterocycles. The molecule has 1 aromatic rings. The zero-order valence-corrected chi connectivity index (χ0v) is 12.2. The fourth-order valence-corrected chi connectivity index (χ4v) is 3.88. The second-order valence-electron chi connectivity index (χ2n) is 4.94. The first-order valence-electron chi connectivity index (χ1n) is 6.00. The van der Waals surface area contributed by atoms with Crippen LogP contribution in [0.1, 0.15) is 12.5 Å². The molecule has 2 nitrogen and oxygen atoms in total. The number of halogens is 3. The standard InChI is InChI=1S/C13H17F3O2Si/c1-4-18-12(17)9-19(2,3)11-7-5-10(6-8-11)13(14,15)16/h5-8H,4,9H2,1-3H3. The second-order valence-corrected chi connectivity index (χ2v) is 9.64. The van der Waals surface area contributed by atoms with Crippen LogP contribution in [0, 0.1) is 0 Å². The minimum absolute atomic E-state index is 0.270. The average Bonchev–Trinajstić information content (AvgIpc) is 2.27. The zero-order chi connectivity index (χ0) is 14.7. The zero-order valence-electron chi connectivity index (χ0n) is 11.2. The number of carbonyl (C=O) groups is 1. The normalized spacial score (nSPS) is 12.3. The largest absolute Gasteiger partial charge is 0.466 e. The van der Waals surface area contributed by atoms with Crippen LogP contribution in [0.2, 0.25) is 19.1 Å². The number of hydrogen-bond acceptors (Lipinski definition) is 2. The van der Waals surface area contributed by atoms with E-state index in [0.29, 0.717) is 6.61 Å². The second kappa shape index (κ2) is 5.77. The molecule has 0 radical (unpaired) electrons. The molecule has 0 amide bonds. The highest BCUT2D eigenvalue weighted by Gasteiger charge is 2.32. The van der Waals surface area contributed by atoms with Crippen molar-refractivity contribution in [2.75, 3.05) is 6.61 Å². The molecule has 0 saturated heterocycles. The Morgan fingerprint density at radius 3 is 2.16 bits per heavy atom. The number of benzene rings is 1. The maximum atomic E-state index is 12.5. The highest BCUT2D eigenvalue weighted by atomic mass is 28.3. The Morgan fingerprint density at radius 1 is 1.21 bits per heavy atom. The predicted octanol–water partition coefficient (Wildman–Crippen LogP) is 3.18. The van der Waals surface area contributed by atoms with Crippen molar-refractivity contribution in [2.24, 2.45) is 0 Å². The number of rotatable bonds is 4. The minimum atomic E-state index is -4.33. The Bertz CT molecular complexity index is 438. The Labute approximate surface area is 111 Å². The molecule has 0 aliphatic rings. The summed E-state index contributed by atoms with van der Waals surface area (Å²) in [5, 5.41) is 0.813. The maximum absolute atomic E-state index is 12.5. The van der Waals surface area contributed by atoms with E-state index >= 15 is 0 Å². The van der Waals surface area contributed by atoms with Crippen molar-refractivity contribution in [1.82, 2.24) is 0 Å². The van der Waals surface area contributed by atoms with Gasteiger partial charge in [-0.25, -0.2) is 0 Å². The van der Waals surface area contributed by atoms with E-state index in [1.54, 1.807) is 6.92 Å². The van der Waals surface area contributed by atoms with Gasteiger partial charge in [-0.1, -0.05) is 42.5 Å². The van der Waals surface area contributed by atoms with Gasteiger partial charge in [-0.15, -0.1) is 0 Å². The molecule has 1 aromatic carbocycles. The molecule has 0 spiro atoms. The van der Waals surface area contributed by atoms with Crippen molar-refractivity contribution in [1.29, 1.82) is 0 Å². The summed E-state index contributed by atoms with van der Waals surface area (Å²) in [5.41, 5.74) is -0.669. The summed E-state index contributed by atoms with van der Waals surface area (Å²) in [6.07, 6.45) is -4.33. The van der Waals surface area contributed by atoms with Crippen LogP contribution in [0.3, 0.4) is 0 Å². The van der Waals surface area contributed by atoms with Gasteiger partial charge in [-0.2, -0.15) is 13.2 Å². The molecule has 0 aromatic heterocycles. The van der Waals surface area contributed by atoms with Crippen molar-refractivity contribution in [3.63, 3.8) is 0 Å².